The Balaban J connectivity index is 1.81. The Morgan fingerprint density at radius 3 is 2.79 bits per heavy atom. The van der Waals surface area contributed by atoms with E-state index in [0.717, 1.165) is 22.8 Å². The van der Waals surface area contributed by atoms with Gasteiger partial charge in [-0.1, -0.05) is 55.0 Å². The van der Waals surface area contributed by atoms with E-state index in [1.165, 1.54) is 11.8 Å². The molecule has 3 atom stereocenters. The van der Waals surface area contributed by atoms with E-state index < -0.39 is 11.0 Å². The van der Waals surface area contributed by atoms with Crippen LogP contribution >= 0.6 is 11.8 Å². The van der Waals surface area contributed by atoms with Gasteiger partial charge in [0, 0.05) is 25.1 Å². The largest absolute Gasteiger partial charge is 0.395 e. The third-order valence-electron chi connectivity index (χ3n) is 5.36. The van der Waals surface area contributed by atoms with Crippen molar-refractivity contribution < 1.29 is 23.7 Å². The van der Waals surface area contributed by atoms with Crippen molar-refractivity contribution in [2.24, 2.45) is 11.1 Å². The van der Waals surface area contributed by atoms with E-state index >= 15 is 0 Å². The molecule has 3 rings (SSSR count). The lowest BCUT2D eigenvalue weighted by Gasteiger charge is -2.18. The molecule has 8 nitrogen and oxygen atoms in total. The van der Waals surface area contributed by atoms with Crippen LogP contribution in [-0.2, 0) is 25.4 Å². The summed E-state index contributed by atoms with van der Waals surface area (Å²) >= 11 is 1.52. The predicted molar refractivity (Wildman–Crippen MR) is 135 cm³/mol. The minimum Gasteiger partial charge on any atom is -0.395 e. The van der Waals surface area contributed by atoms with Gasteiger partial charge in [-0.05, 0) is 36.3 Å². The maximum atomic E-state index is 13.3. The molecule has 0 bridgehead atoms. The number of hydrogen-bond donors (Lipinski definition) is 2. The van der Waals surface area contributed by atoms with Crippen LogP contribution in [0.3, 0.4) is 0 Å². The van der Waals surface area contributed by atoms with Gasteiger partial charge < -0.3 is 20.0 Å². The molecule has 186 valence electrons. The van der Waals surface area contributed by atoms with Gasteiger partial charge in [-0.15, -0.1) is 0 Å². The Morgan fingerprint density at radius 1 is 1.38 bits per heavy atom. The van der Waals surface area contributed by atoms with E-state index in [4.69, 9.17) is 9.57 Å². The van der Waals surface area contributed by atoms with Gasteiger partial charge >= 0.3 is 0 Å². The minimum absolute atomic E-state index is 0.0713. The number of oxime groups is 1. The van der Waals surface area contributed by atoms with Crippen LogP contribution in [0.2, 0.25) is 0 Å². The molecular weight excluding hydrogens is 474 g/mol. The number of aliphatic hydroxyl groups excluding tert-OH is 1. The number of benzene rings is 1. The molecule has 10 heteroatoms. The summed E-state index contributed by atoms with van der Waals surface area (Å²) in [6.45, 7) is 7.89. The molecule has 2 heterocycles. The van der Waals surface area contributed by atoms with Crippen molar-refractivity contribution >= 4 is 34.4 Å². The number of allylic oxidation sites excluding steroid dienone is 3. The number of rotatable bonds is 10. The second kappa shape index (κ2) is 13.2. The van der Waals surface area contributed by atoms with Crippen LogP contribution in [0.4, 0.5) is 0 Å². The van der Waals surface area contributed by atoms with Crippen LogP contribution in [0.15, 0.2) is 56.4 Å². The van der Waals surface area contributed by atoms with Crippen molar-refractivity contribution in [3.8, 4) is 0 Å². The zero-order valence-electron chi connectivity index (χ0n) is 19.9. The summed E-state index contributed by atoms with van der Waals surface area (Å²) in [5.74, 6) is 0.0343. The molecule has 0 saturated carbocycles. The van der Waals surface area contributed by atoms with Crippen LogP contribution < -0.4 is 5.32 Å². The molecule has 1 fully saturated rings. The highest BCUT2D eigenvalue weighted by molar-refractivity contribution is 8.06. The number of likely N-dealkylation sites (N-methyl/N-ethyl adjacent to an activating group) is 1. The smallest absolute Gasteiger partial charge is 0.278 e. The van der Waals surface area contributed by atoms with Gasteiger partial charge in [0.25, 0.3) is 5.91 Å². The first kappa shape index (κ1) is 26.6. The topological polar surface area (TPSA) is 100 Å². The van der Waals surface area contributed by atoms with E-state index in [2.05, 4.69) is 23.5 Å². The molecule has 2 aliphatic heterocycles. The molecule has 34 heavy (non-hydrogen) atoms. The van der Waals surface area contributed by atoms with Crippen molar-refractivity contribution in [1.82, 2.24) is 9.62 Å². The molecule has 2 aliphatic rings. The van der Waals surface area contributed by atoms with E-state index in [1.54, 1.807) is 28.6 Å². The van der Waals surface area contributed by atoms with Crippen LogP contribution in [-0.4, -0.2) is 64.3 Å². The summed E-state index contributed by atoms with van der Waals surface area (Å²) in [6, 6.07) is 6.85. The van der Waals surface area contributed by atoms with Crippen LogP contribution in [0.1, 0.15) is 39.2 Å². The fraction of sp³-hybridized carbons (Fsp3) is 0.500. The van der Waals surface area contributed by atoms with Gasteiger partial charge in [0.2, 0.25) is 0 Å². The highest BCUT2D eigenvalue weighted by Gasteiger charge is 2.22. The molecule has 2 unspecified atom stereocenters. The summed E-state index contributed by atoms with van der Waals surface area (Å²) in [7, 11) is -1.41. The van der Waals surface area contributed by atoms with Gasteiger partial charge in [-0.3, -0.25) is 4.79 Å². The standard InChI is InChI=1S/C24H33N3O5S2/c1-4-27(12-13-28)34(30)21-8-6-19(7-9-21)23(26-32-20-11-14-31-16-20)24(29)25-22-10-5-17(2)15-18(3)33-22/h6-10,15,17,20,28H,4-5,11-14,16H2,1-3H3,(H,25,29)/b26-23+/t17?,20-,34?/m1/s1. The number of nitrogens with one attached hydrogen (secondary N) is 1. The summed E-state index contributed by atoms with van der Waals surface area (Å²) in [5.41, 5.74) is 0.703. The minimum atomic E-state index is -1.41. The highest BCUT2D eigenvalue weighted by atomic mass is 32.2. The highest BCUT2D eigenvalue weighted by Crippen LogP contribution is 2.29. The van der Waals surface area contributed by atoms with E-state index in [0.29, 0.717) is 42.7 Å². The molecule has 0 aromatic heterocycles. The maximum absolute atomic E-state index is 13.3. The quantitative estimate of drug-likeness (QED) is 0.373. The number of aliphatic hydroxyl groups is 1. The molecule has 1 saturated heterocycles. The average Bonchev–Trinajstić information content (AvgIpc) is 3.29. The number of carbonyl (C=O) groups is 1. The van der Waals surface area contributed by atoms with Crippen molar-refractivity contribution in [1.29, 1.82) is 0 Å². The molecular formula is C24H33N3O5S2. The fourth-order valence-electron chi connectivity index (χ4n) is 3.56. The Bertz CT molecular complexity index is 956. The molecule has 0 radical (unpaired) electrons. The van der Waals surface area contributed by atoms with Gasteiger partial charge in [-0.2, -0.15) is 0 Å². The summed E-state index contributed by atoms with van der Waals surface area (Å²) in [6.07, 6.45) is 5.58. The summed E-state index contributed by atoms with van der Waals surface area (Å²) in [5, 5.41) is 17.1. The van der Waals surface area contributed by atoms with Gasteiger partial charge in [0.15, 0.2) is 11.8 Å². The number of nitrogens with zero attached hydrogens (tertiary/aromatic N) is 2. The second-order valence-electron chi connectivity index (χ2n) is 8.16. The van der Waals surface area contributed by atoms with Crippen molar-refractivity contribution in [3.63, 3.8) is 0 Å². The van der Waals surface area contributed by atoms with Crippen LogP contribution in [0, 0.1) is 5.92 Å². The van der Waals surface area contributed by atoms with Gasteiger partial charge in [-0.25, -0.2) is 8.51 Å². The number of carbonyl (C=O) groups excluding carboxylic acids is 1. The maximum Gasteiger partial charge on any atom is 0.278 e. The average molecular weight is 508 g/mol. The van der Waals surface area contributed by atoms with Crippen LogP contribution in [0.5, 0.6) is 0 Å². The first-order chi connectivity index (χ1) is 16.4. The Hall–Kier alpha value is -1.98. The normalized spacial score (nSPS) is 22.1. The Kier molecular flexibility index (Phi) is 10.3. The lowest BCUT2D eigenvalue weighted by atomic mass is 10.1. The number of hydrogen-bond acceptors (Lipinski definition) is 7. The second-order valence-corrected chi connectivity index (χ2v) is 10.9. The zero-order chi connectivity index (χ0) is 24.5. The zero-order valence-corrected chi connectivity index (χ0v) is 21.5. The summed E-state index contributed by atoms with van der Waals surface area (Å²) < 4.78 is 19.8. The van der Waals surface area contributed by atoms with Gasteiger partial charge in [0.05, 0.1) is 29.7 Å². The lowest BCUT2D eigenvalue weighted by Crippen LogP contribution is -2.31. The molecule has 0 aliphatic carbocycles. The molecule has 2 N–H and O–H groups in total. The van der Waals surface area contributed by atoms with E-state index in [1.807, 2.05) is 19.9 Å². The molecule has 1 aromatic rings. The van der Waals surface area contributed by atoms with E-state index in [9.17, 15) is 14.1 Å². The SMILES string of the molecule is CCN(CCO)S(=O)c1ccc(/C(=N\O[C@@H]2CCOC2)C(=O)NC2=CCC(C)C=C(C)S2)cc1. The van der Waals surface area contributed by atoms with Crippen LogP contribution in [0.25, 0.3) is 0 Å². The Morgan fingerprint density at radius 2 is 2.15 bits per heavy atom. The first-order valence-corrected chi connectivity index (χ1v) is 13.4. The molecule has 1 aromatic carbocycles. The first-order valence-electron chi connectivity index (χ1n) is 11.5. The van der Waals surface area contributed by atoms with Gasteiger partial charge in [0.1, 0.15) is 11.0 Å². The molecule has 1 amide bonds. The third-order valence-corrected chi connectivity index (χ3v) is 7.90. The van der Waals surface area contributed by atoms with E-state index in [-0.39, 0.29) is 24.3 Å². The fourth-order valence-corrected chi connectivity index (χ4v) is 5.67. The van der Waals surface area contributed by atoms with Crippen molar-refractivity contribution in [3.05, 3.63) is 51.9 Å². The number of thioether (sulfide) groups is 1. The third kappa shape index (κ3) is 7.51. The monoisotopic (exact) mass is 507 g/mol. The lowest BCUT2D eigenvalue weighted by molar-refractivity contribution is -0.114. The molecule has 0 spiro atoms. The summed E-state index contributed by atoms with van der Waals surface area (Å²) in [4.78, 5) is 20.6. The number of amides is 1. The Labute approximate surface area is 208 Å². The van der Waals surface area contributed by atoms with Crippen molar-refractivity contribution in [2.45, 2.75) is 44.6 Å². The predicted octanol–water partition coefficient (Wildman–Crippen LogP) is 3.17. The number of ether oxygens (including phenoxy) is 1. The van der Waals surface area contributed by atoms with Crippen molar-refractivity contribution in [2.75, 3.05) is 32.9 Å².